The zero-order chi connectivity index (χ0) is 22.6. The van der Waals surface area contributed by atoms with E-state index in [1.54, 1.807) is 28.9 Å². The lowest BCUT2D eigenvalue weighted by Gasteiger charge is -2.16. The Morgan fingerprint density at radius 3 is 3.03 bits per heavy atom. The Morgan fingerprint density at radius 1 is 1.24 bits per heavy atom. The highest BCUT2D eigenvalue weighted by Crippen LogP contribution is 2.41. The van der Waals surface area contributed by atoms with Crippen molar-refractivity contribution in [2.75, 3.05) is 26.7 Å². The van der Waals surface area contributed by atoms with Gasteiger partial charge in [0.25, 0.3) is 0 Å². The minimum atomic E-state index is 0.298. The summed E-state index contributed by atoms with van der Waals surface area (Å²) in [5.41, 5.74) is 3.52. The number of Topliss-reactive ketones (excluding diaryl/α,β-unsaturated/α-hetero) is 1. The second kappa shape index (κ2) is 10.2. The summed E-state index contributed by atoms with van der Waals surface area (Å²) >= 11 is 3.49. The molecule has 0 aromatic carbocycles. The third-order valence-electron chi connectivity index (χ3n) is 6.05. The molecule has 4 aromatic rings. The molecule has 33 heavy (non-hydrogen) atoms. The minimum Gasteiger partial charge on any atom is -0.337 e. The van der Waals surface area contributed by atoms with Crippen molar-refractivity contribution in [3.05, 3.63) is 52.5 Å². The van der Waals surface area contributed by atoms with Crippen LogP contribution in [0.15, 0.2) is 37.2 Å². The molecule has 1 aliphatic rings. The zero-order valence-corrected chi connectivity index (χ0v) is 20.4. The predicted molar refractivity (Wildman–Crippen MR) is 134 cm³/mol. The normalized spacial score (nSPS) is 13.6. The van der Waals surface area contributed by atoms with Crippen molar-refractivity contribution in [3.63, 3.8) is 0 Å². The van der Waals surface area contributed by atoms with E-state index in [4.69, 9.17) is 4.98 Å². The molecule has 5 heterocycles. The van der Waals surface area contributed by atoms with E-state index in [1.165, 1.54) is 20.9 Å². The fraction of sp³-hybridized carbons (Fsp3) is 0.417. The molecular weight excluding hydrogens is 452 g/mol. The zero-order valence-electron chi connectivity index (χ0n) is 18.8. The van der Waals surface area contributed by atoms with Crippen LogP contribution in [0.2, 0.25) is 0 Å². The number of nitrogens with zero attached hydrogens (tertiary/aromatic N) is 5. The number of aryl methyl sites for hydroxylation is 1. The van der Waals surface area contributed by atoms with Gasteiger partial charge in [-0.25, -0.2) is 9.97 Å². The molecule has 0 radical (unpaired) electrons. The molecule has 1 aliphatic heterocycles. The maximum absolute atomic E-state index is 13.0. The van der Waals surface area contributed by atoms with Crippen LogP contribution < -0.4 is 5.32 Å². The Balaban J connectivity index is 1.25. The molecule has 1 N–H and O–H groups in total. The van der Waals surface area contributed by atoms with E-state index in [0.29, 0.717) is 18.6 Å². The number of pyridine rings is 1. The number of ketones is 1. The number of nitrogens with one attached hydrogen (secondary N) is 1. The van der Waals surface area contributed by atoms with Crippen LogP contribution >= 0.6 is 22.7 Å². The van der Waals surface area contributed by atoms with Crippen molar-refractivity contribution in [3.8, 4) is 10.6 Å². The first-order valence-electron chi connectivity index (χ1n) is 11.4. The van der Waals surface area contributed by atoms with E-state index < -0.39 is 0 Å². The number of thiazole rings is 1. The van der Waals surface area contributed by atoms with Gasteiger partial charge in [0, 0.05) is 66.4 Å². The summed E-state index contributed by atoms with van der Waals surface area (Å²) in [7, 11) is 2.09. The number of carbonyl (C=O) groups is 1. The number of carbonyl (C=O) groups excluding carboxylic acids is 1. The predicted octanol–water partition coefficient (Wildman–Crippen LogP) is 3.79. The molecule has 5 rings (SSSR count). The first-order chi connectivity index (χ1) is 16.2. The van der Waals surface area contributed by atoms with Gasteiger partial charge in [0.05, 0.1) is 17.2 Å². The van der Waals surface area contributed by atoms with Crippen molar-refractivity contribution in [2.45, 2.75) is 38.8 Å². The maximum Gasteiger partial charge on any atom is 0.139 e. The molecule has 172 valence electrons. The highest BCUT2D eigenvalue weighted by Gasteiger charge is 2.25. The highest BCUT2D eigenvalue weighted by atomic mass is 32.1. The molecule has 0 amide bonds. The van der Waals surface area contributed by atoms with Crippen LogP contribution in [0.3, 0.4) is 0 Å². The Hall–Kier alpha value is -2.46. The van der Waals surface area contributed by atoms with Crippen LogP contribution in [-0.4, -0.2) is 56.9 Å². The average molecular weight is 481 g/mol. The summed E-state index contributed by atoms with van der Waals surface area (Å²) in [5.74, 6) is 0.298. The van der Waals surface area contributed by atoms with Crippen LogP contribution in [0.5, 0.6) is 0 Å². The summed E-state index contributed by atoms with van der Waals surface area (Å²) in [5, 5.41) is 4.49. The summed E-state index contributed by atoms with van der Waals surface area (Å²) in [4.78, 5) is 30.9. The Kier molecular flexibility index (Phi) is 6.91. The fourth-order valence-corrected chi connectivity index (χ4v) is 6.74. The van der Waals surface area contributed by atoms with Crippen molar-refractivity contribution in [2.24, 2.45) is 0 Å². The van der Waals surface area contributed by atoms with Crippen LogP contribution in [0.4, 0.5) is 0 Å². The third-order valence-corrected chi connectivity index (χ3v) is 8.34. The first-order valence-corrected chi connectivity index (χ1v) is 13.0. The van der Waals surface area contributed by atoms with E-state index >= 15 is 0 Å². The second-order valence-corrected chi connectivity index (χ2v) is 10.7. The lowest BCUT2D eigenvalue weighted by atomic mass is 10.0. The molecule has 7 nitrogen and oxygen atoms in total. The Bertz CT molecular complexity index is 1200. The largest absolute Gasteiger partial charge is 0.337 e. The van der Waals surface area contributed by atoms with Gasteiger partial charge in [-0.3, -0.25) is 9.78 Å². The topological polar surface area (TPSA) is 75.9 Å². The van der Waals surface area contributed by atoms with Crippen molar-refractivity contribution >= 4 is 38.7 Å². The molecule has 4 aromatic heterocycles. The van der Waals surface area contributed by atoms with Crippen LogP contribution in [0, 0.1) is 0 Å². The van der Waals surface area contributed by atoms with Crippen LogP contribution in [0.25, 0.3) is 20.8 Å². The molecule has 0 bridgehead atoms. The molecule has 0 unspecified atom stereocenters. The van der Waals surface area contributed by atoms with Crippen molar-refractivity contribution < 1.29 is 4.79 Å². The quantitative estimate of drug-likeness (QED) is 0.372. The van der Waals surface area contributed by atoms with Crippen LogP contribution in [0.1, 0.15) is 28.2 Å². The van der Waals surface area contributed by atoms with Crippen LogP contribution in [-0.2, 0) is 30.7 Å². The lowest BCUT2D eigenvalue weighted by molar-refractivity contribution is -0.118. The summed E-state index contributed by atoms with van der Waals surface area (Å²) in [6.07, 6.45) is 12.4. The molecule has 0 saturated carbocycles. The summed E-state index contributed by atoms with van der Waals surface area (Å²) < 4.78 is 3.23. The van der Waals surface area contributed by atoms with Gasteiger partial charge in [-0.1, -0.05) is 0 Å². The van der Waals surface area contributed by atoms with E-state index in [0.717, 1.165) is 60.8 Å². The first kappa shape index (κ1) is 22.3. The number of thiophene rings is 1. The Morgan fingerprint density at radius 2 is 2.18 bits per heavy atom. The molecular formula is C24H28N6OS2. The standard InChI is InChI=1S/C24H28N6OS2/c1-29(9-2-10-30-12-8-27-16-30)11-5-17(31)13-21-23(18-3-6-26-15-22(18)32-21)24-28-19-14-25-7-4-20(19)33-24/h4,7-8,12,14,16,26H,2-3,5-6,9-11,13,15H2,1H3. The number of hydrogen-bond donors (Lipinski definition) is 1. The average Bonchev–Trinajstić information content (AvgIpc) is 3.55. The maximum atomic E-state index is 13.0. The van der Waals surface area contributed by atoms with Gasteiger partial charge >= 0.3 is 0 Å². The van der Waals surface area contributed by atoms with Crippen molar-refractivity contribution in [1.82, 2.24) is 29.7 Å². The van der Waals surface area contributed by atoms with Gasteiger partial charge in [0.15, 0.2) is 0 Å². The number of fused-ring (bicyclic) bond motifs is 2. The third kappa shape index (κ3) is 5.22. The molecule has 0 fully saturated rings. The summed E-state index contributed by atoms with van der Waals surface area (Å²) in [6, 6.07) is 2.02. The van der Waals surface area contributed by atoms with Gasteiger partial charge in [-0.15, -0.1) is 22.7 Å². The van der Waals surface area contributed by atoms with Gasteiger partial charge in [0.1, 0.15) is 16.3 Å². The number of imidazole rings is 1. The van der Waals surface area contributed by atoms with E-state index in [1.807, 2.05) is 31.0 Å². The molecule has 0 aliphatic carbocycles. The van der Waals surface area contributed by atoms with Gasteiger partial charge in [0.2, 0.25) is 0 Å². The Labute approximate surface area is 201 Å². The molecule has 0 saturated heterocycles. The minimum absolute atomic E-state index is 0.298. The van der Waals surface area contributed by atoms with Gasteiger partial charge in [-0.2, -0.15) is 0 Å². The highest BCUT2D eigenvalue weighted by molar-refractivity contribution is 7.22. The van der Waals surface area contributed by atoms with E-state index in [9.17, 15) is 4.79 Å². The van der Waals surface area contributed by atoms with Gasteiger partial charge in [-0.05, 0) is 44.6 Å². The number of rotatable bonds is 10. The smallest absolute Gasteiger partial charge is 0.139 e. The molecule has 0 spiro atoms. The monoisotopic (exact) mass is 480 g/mol. The lowest BCUT2D eigenvalue weighted by Crippen LogP contribution is -2.24. The second-order valence-electron chi connectivity index (χ2n) is 8.51. The van der Waals surface area contributed by atoms with Gasteiger partial charge < -0.3 is 14.8 Å². The number of hydrogen-bond acceptors (Lipinski definition) is 8. The van der Waals surface area contributed by atoms with E-state index in [-0.39, 0.29) is 0 Å². The fourth-order valence-electron chi connectivity index (χ4n) is 4.29. The number of aromatic nitrogens is 4. The van der Waals surface area contributed by atoms with Crippen molar-refractivity contribution in [1.29, 1.82) is 0 Å². The van der Waals surface area contributed by atoms with E-state index in [2.05, 4.69) is 31.8 Å². The SMILES string of the molecule is CN(CCCn1ccnc1)CCC(=O)Cc1sc2c(c1-c1nc3cnccc3s1)CCNC2. The summed E-state index contributed by atoms with van der Waals surface area (Å²) in [6.45, 7) is 4.56. The molecule has 0 atom stereocenters. The molecule has 9 heteroatoms.